The molecule has 10 nitrogen and oxygen atoms in total. The van der Waals surface area contributed by atoms with E-state index in [1.807, 2.05) is 26.0 Å². The van der Waals surface area contributed by atoms with Gasteiger partial charge < -0.3 is 30.8 Å². The zero-order valence-electron chi connectivity index (χ0n) is 17.5. The summed E-state index contributed by atoms with van der Waals surface area (Å²) in [4.78, 5) is 25.2. The van der Waals surface area contributed by atoms with Gasteiger partial charge in [-0.2, -0.15) is 0 Å². The lowest BCUT2D eigenvalue weighted by Crippen LogP contribution is -2.44. The van der Waals surface area contributed by atoms with Gasteiger partial charge in [0.05, 0.1) is 17.9 Å². The number of benzene rings is 1. The fourth-order valence-electron chi connectivity index (χ4n) is 2.73. The molecule has 1 fully saturated rings. The number of carbonyl (C=O) groups excluding carboxylic acids is 1. The number of nitrogens with two attached hydrogens (primary N) is 1. The maximum absolute atomic E-state index is 10.1. The molecule has 3 rings (SSSR count). The molecule has 162 valence electrons. The van der Waals surface area contributed by atoms with Gasteiger partial charge in [-0.3, -0.25) is 4.79 Å². The zero-order chi connectivity index (χ0) is 21.8. The molecular formula is C20H29N7O3. The Balaban J connectivity index is 0.000000222. The molecule has 0 atom stereocenters. The summed E-state index contributed by atoms with van der Waals surface area (Å²) >= 11 is 0. The van der Waals surface area contributed by atoms with Gasteiger partial charge in [-0.1, -0.05) is 5.16 Å². The number of nitrogens with one attached hydrogen (secondary N) is 2. The van der Waals surface area contributed by atoms with Gasteiger partial charge in [0.15, 0.2) is 0 Å². The number of amides is 1. The number of hydrogen-bond donors (Lipinski definition) is 3. The number of nitrogen functional groups attached to an aromatic ring is 1. The first-order valence-electron chi connectivity index (χ1n) is 9.64. The van der Waals surface area contributed by atoms with Crippen molar-refractivity contribution in [3.8, 4) is 5.75 Å². The summed E-state index contributed by atoms with van der Waals surface area (Å²) in [6, 6.07) is 7.25. The highest BCUT2D eigenvalue weighted by atomic mass is 16.6. The molecule has 10 heteroatoms. The third-order valence-corrected chi connectivity index (χ3v) is 4.05. The van der Waals surface area contributed by atoms with E-state index in [0.29, 0.717) is 17.8 Å². The zero-order valence-corrected chi connectivity index (χ0v) is 17.5. The van der Waals surface area contributed by atoms with E-state index in [2.05, 4.69) is 35.5 Å². The number of nitrogens with zero attached hydrogens (tertiary/aromatic N) is 4. The first-order valence-corrected chi connectivity index (χ1v) is 9.64. The minimum absolute atomic E-state index is 0.171. The van der Waals surface area contributed by atoms with E-state index in [1.54, 1.807) is 18.3 Å². The van der Waals surface area contributed by atoms with Gasteiger partial charge in [0.2, 0.25) is 6.41 Å². The molecule has 1 amide bonds. The molecule has 1 aliphatic rings. The molecule has 0 spiro atoms. The van der Waals surface area contributed by atoms with Crippen LogP contribution in [0.5, 0.6) is 5.75 Å². The highest BCUT2D eigenvalue weighted by Gasteiger charge is 2.17. The highest BCUT2D eigenvalue weighted by Crippen LogP contribution is 2.20. The van der Waals surface area contributed by atoms with Crippen molar-refractivity contribution < 1.29 is 14.4 Å². The summed E-state index contributed by atoms with van der Waals surface area (Å²) in [5.41, 5.74) is 7.30. The van der Waals surface area contributed by atoms with Crippen molar-refractivity contribution in [2.75, 3.05) is 49.2 Å². The summed E-state index contributed by atoms with van der Waals surface area (Å²) in [5, 5.41) is 9.57. The van der Waals surface area contributed by atoms with Crippen LogP contribution >= 0.6 is 0 Å². The molecule has 1 saturated heterocycles. The number of rotatable bonds is 7. The minimum Gasteiger partial charge on any atom is -0.491 e. The third kappa shape index (κ3) is 7.21. The molecule has 0 unspecified atom stereocenters. The molecule has 1 aliphatic heterocycles. The quantitative estimate of drug-likeness (QED) is 0.353. The largest absolute Gasteiger partial charge is 0.491 e. The van der Waals surface area contributed by atoms with Crippen LogP contribution in [0.15, 0.2) is 35.7 Å². The van der Waals surface area contributed by atoms with Gasteiger partial charge in [0, 0.05) is 31.9 Å². The molecule has 30 heavy (non-hydrogen) atoms. The average molecular weight is 415 g/mol. The first kappa shape index (κ1) is 22.9. The van der Waals surface area contributed by atoms with Crippen molar-refractivity contribution in [2.24, 2.45) is 5.16 Å². The van der Waals surface area contributed by atoms with Gasteiger partial charge in [-0.05, 0) is 38.1 Å². The Hall–Kier alpha value is -3.40. The SMILES string of the molecule is CC(C)Oc1ccc(NC=O)cc1.CON=Cc1c(N)ncnc1N1CCNCC1. The smallest absolute Gasteiger partial charge is 0.211 e. The molecule has 0 aliphatic carbocycles. The Morgan fingerprint density at radius 1 is 1.23 bits per heavy atom. The molecule has 2 heterocycles. The second-order valence-corrected chi connectivity index (χ2v) is 6.60. The van der Waals surface area contributed by atoms with Crippen molar-refractivity contribution in [1.29, 1.82) is 0 Å². The van der Waals surface area contributed by atoms with Gasteiger partial charge >= 0.3 is 0 Å². The molecule has 0 radical (unpaired) electrons. The van der Waals surface area contributed by atoms with Crippen LogP contribution in [0.4, 0.5) is 17.3 Å². The third-order valence-electron chi connectivity index (χ3n) is 4.05. The fraction of sp³-hybridized carbons (Fsp3) is 0.400. The Kier molecular flexibility index (Phi) is 9.32. The van der Waals surface area contributed by atoms with E-state index >= 15 is 0 Å². The van der Waals surface area contributed by atoms with E-state index in [4.69, 9.17) is 10.5 Å². The van der Waals surface area contributed by atoms with E-state index < -0.39 is 0 Å². The van der Waals surface area contributed by atoms with Crippen molar-refractivity contribution >= 4 is 29.9 Å². The van der Waals surface area contributed by atoms with Gasteiger partial charge in [0.25, 0.3) is 0 Å². The summed E-state index contributed by atoms with van der Waals surface area (Å²) in [6.45, 7) is 7.60. The van der Waals surface area contributed by atoms with E-state index in [9.17, 15) is 4.79 Å². The molecular weight excluding hydrogens is 386 g/mol. The first-order chi connectivity index (χ1) is 14.5. The van der Waals surface area contributed by atoms with Crippen LogP contribution in [-0.2, 0) is 9.63 Å². The number of aromatic nitrogens is 2. The normalized spacial score (nSPS) is 13.5. The lowest BCUT2D eigenvalue weighted by atomic mass is 10.2. The van der Waals surface area contributed by atoms with E-state index in [-0.39, 0.29) is 6.10 Å². The molecule has 1 aromatic heterocycles. The van der Waals surface area contributed by atoms with Crippen LogP contribution in [0.2, 0.25) is 0 Å². The van der Waals surface area contributed by atoms with Crippen LogP contribution in [0.1, 0.15) is 19.4 Å². The monoisotopic (exact) mass is 415 g/mol. The van der Waals surface area contributed by atoms with Crippen molar-refractivity contribution in [2.45, 2.75) is 20.0 Å². The number of piperazine rings is 1. The molecule has 0 bridgehead atoms. The van der Waals surface area contributed by atoms with Gasteiger partial charge in [-0.25, -0.2) is 9.97 Å². The predicted octanol–water partition coefficient (Wildman–Crippen LogP) is 1.49. The lowest BCUT2D eigenvalue weighted by molar-refractivity contribution is -0.105. The summed E-state index contributed by atoms with van der Waals surface area (Å²) in [7, 11) is 1.49. The molecule has 4 N–H and O–H groups in total. The number of ether oxygens (including phenoxy) is 1. The minimum atomic E-state index is 0.171. The standard InChI is InChI=1S/C10H16N6O.C10H13NO2/c1-17-15-6-8-9(11)13-7-14-10(8)16-4-2-12-3-5-16;1-8(2)13-10-5-3-9(4-6-10)11-7-12/h6-7,12H,2-5H2,1H3,(H2,11,13,14);3-8H,1-2H3,(H,11,12). The van der Waals surface area contributed by atoms with E-state index in [1.165, 1.54) is 13.4 Å². The molecule has 0 saturated carbocycles. The Morgan fingerprint density at radius 3 is 2.53 bits per heavy atom. The summed E-state index contributed by atoms with van der Waals surface area (Å²) in [6.07, 6.45) is 3.84. The Labute approximate surface area is 176 Å². The molecule has 1 aromatic carbocycles. The Morgan fingerprint density at radius 2 is 1.93 bits per heavy atom. The van der Waals surface area contributed by atoms with Crippen LogP contribution in [0, 0.1) is 0 Å². The predicted molar refractivity (Wildman–Crippen MR) is 118 cm³/mol. The van der Waals surface area contributed by atoms with Crippen LogP contribution in [-0.4, -0.2) is 62.0 Å². The highest BCUT2D eigenvalue weighted by molar-refractivity contribution is 5.91. The van der Waals surface area contributed by atoms with Crippen molar-refractivity contribution in [3.05, 3.63) is 36.2 Å². The van der Waals surface area contributed by atoms with Crippen molar-refractivity contribution in [1.82, 2.24) is 15.3 Å². The van der Waals surface area contributed by atoms with E-state index in [0.717, 1.165) is 43.4 Å². The summed E-state index contributed by atoms with van der Waals surface area (Å²) < 4.78 is 5.43. The molecule has 2 aromatic rings. The van der Waals surface area contributed by atoms with Crippen LogP contribution in [0.25, 0.3) is 0 Å². The number of hydrogen-bond acceptors (Lipinski definition) is 9. The van der Waals surface area contributed by atoms with Crippen LogP contribution in [0.3, 0.4) is 0 Å². The number of oxime groups is 1. The number of anilines is 3. The fourth-order valence-corrected chi connectivity index (χ4v) is 2.73. The lowest BCUT2D eigenvalue weighted by Gasteiger charge is -2.29. The van der Waals surface area contributed by atoms with Gasteiger partial charge in [-0.15, -0.1) is 0 Å². The van der Waals surface area contributed by atoms with Crippen LogP contribution < -0.4 is 26.0 Å². The van der Waals surface area contributed by atoms with Crippen molar-refractivity contribution in [3.63, 3.8) is 0 Å². The summed E-state index contributed by atoms with van der Waals surface area (Å²) in [5.74, 6) is 2.03. The second kappa shape index (κ2) is 12.2. The average Bonchev–Trinajstić information content (AvgIpc) is 2.75. The second-order valence-electron chi connectivity index (χ2n) is 6.60. The topological polar surface area (TPSA) is 127 Å². The maximum atomic E-state index is 10.1. The maximum Gasteiger partial charge on any atom is 0.211 e. The van der Waals surface area contributed by atoms with Gasteiger partial charge in [0.1, 0.15) is 30.8 Å². The number of carbonyl (C=O) groups is 1. The Bertz CT molecular complexity index is 807.